The van der Waals surface area contributed by atoms with Crippen molar-refractivity contribution in [3.8, 4) is 12.3 Å². The van der Waals surface area contributed by atoms with Crippen molar-refractivity contribution < 1.29 is 14.7 Å². The fourth-order valence-electron chi connectivity index (χ4n) is 1.07. The molecule has 0 atom stereocenters. The summed E-state index contributed by atoms with van der Waals surface area (Å²) in [6.45, 7) is 0.104. The van der Waals surface area contributed by atoms with Crippen LogP contribution in [0.25, 0.3) is 0 Å². The molecule has 5 nitrogen and oxygen atoms in total. The van der Waals surface area contributed by atoms with Gasteiger partial charge >= 0.3 is 12.0 Å². The molecule has 0 saturated heterocycles. The maximum atomic E-state index is 11.2. The van der Waals surface area contributed by atoms with Crippen LogP contribution in [0.4, 0.5) is 10.5 Å². The highest BCUT2D eigenvalue weighted by atomic mass is 35.5. The Balaban J connectivity index is 2.75. The van der Waals surface area contributed by atoms with E-state index in [4.69, 9.17) is 23.1 Å². The summed E-state index contributed by atoms with van der Waals surface area (Å²) in [7, 11) is 0. The second-order valence-electron chi connectivity index (χ2n) is 3.01. The van der Waals surface area contributed by atoms with Gasteiger partial charge in [-0.05, 0) is 18.2 Å². The zero-order valence-electron chi connectivity index (χ0n) is 8.66. The number of urea groups is 1. The molecular weight excluding hydrogens is 244 g/mol. The van der Waals surface area contributed by atoms with Crippen molar-refractivity contribution in [2.75, 3.05) is 11.9 Å². The summed E-state index contributed by atoms with van der Waals surface area (Å²) in [6.07, 6.45) is 4.97. The van der Waals surface area contributed by atoms with Gasteiger partial charge in [-0.2, -0.15) is 0 Å². The minimum atomic E-state index is -1.13. The summed E-state index contributed by atoms with van der Waals surface area (Å²) in [4.78, 5) is 21.9. The van der Waals surface area contributed by atoms with Gasteiger partial charge in [0.05, 0.1) is 17.1 Å². The Morgan fingerprint density at radius 3 is 2.71 bits per heavy atom. The molecule has 0 aliphatic rings. The third kappa shape index (κ3) is 3.70. The number of hydrogen-bond donors (Lipinski definition) is 3. The number of carbonyl (C=O) groups excluding carboxylic acids is 1. The van der Waals surface area contributed by atoms with E-state index in [0.717, 1.165) is 0 Å². The normalized spacial score (nSPS) is 9.18. The van der Waals surface area contributed by atoms with Gasteiger partial charge in [0, 0.05) is 5.69 Å². The number of amides is 2. The van der Waals surface area contributed by atoms with Crippen molar-refractivity contribution >= 4 is 29.3 Å². The Bertz CT molecular complexity index is 494. The molecule has 6 heteroatoms. The Morgan fingerprint density at radius 2 is 2.18 bits per heavy atom. The number of anilines is 1. The van der Waals surface area contributed by atoms with Gasteiger partial charge in [0.1, 0.15) is 0 Å². The molecule has 0 heterocycles. The van der Waals surface area contributed by atoms with Crippen molar-refractivity contribution in [1.29, 1.82) is 0 Å². The Kier molecular flexibility index (Phi) is 4.37. The number of carbonyl (C=O) groups is 2. The van der Waals surface area contributed by atoms with Crippen LogP contribution < -0.4 is 10.6 Å². The summed E-state index contributed by atoms with van der Waals surface area (Å²) in [5.74, 6) is 1.12. The predicted octanol–water partition coefficient (Wildman–Crippen LogP) is 1.79. The minimum Gasteiger partial charge on any atom is -0.478 e. The van der Waals surface area contributed by atoms with Crippen LogP contribution in [0.3, 0.4) is 0 Å². The van der Waals surface area contributed by atoms with Gasteiger partial charge < -0.3 is 15.7 Å². The van der Waals surface area contributed by atoms with E-state index in [1.54, 1.807) is 0 Å². The van der Waals surface area contributed by atoms with Crippen molar-refractivity contribution in [1.82, 2.24) is 5.32 Å². The van der Waals surface area contributed by atoms with Crippen molar-refractivity contribution in [3.05, 3.63) is 28.8 Å². The van der Waals surface area contributed by atoms with Crippen LogP contribution in [0, 0.1) is 12.3 Å². The first-order chi connectivity index (χ1) is 8.04. The molecule has 1 rings (SSSR count). The molecule has 2 amide bonds. The van der Waals surface area contributed by atoms with Gasteiger partial charge in [0.15, 0.2) is 0 Å². The molecule has 0 bridgehead atoms. The minimum absolute atomic E-state index is 0.0266. The fourth-order valence-corrected chi connectivity index (χ4v) is 1.33. The molecule has 0 fully saturated rings. The average molecular weight is 253 g/mol. The first-order valence-electron chi connectivity index (χ1n) is 4.55. The topological polar surface area (TPSA) is 78.4 Å². The molecule has 0 aromatic heterocycles. The number of carboxylic acids is 1. The lowest BCUT2D eigenvalue weighted by Crippen LogP contribution is -2.28. The number of carboxylic acid groups (broad SMARTS) is 1. The van der Waals surface area contributed by atoms with Crippen LogP contribution in [0.5, 0.6) is 0 Å². The number of hydrogen-bond acceptors (Lipinski definition) is 2. The van der Waals surface area contributed by atoms with E-state index in [-0.39, 0.29) is 17.1 Å². The molecular formula is C11H9ClN2O3. The summed E-state index contributed by atoms with van der Waals surface area (Å²) in [5, 5.41) is 13.6. The second kappa shape index (κ2) is 5.77. The lowest BCUT2D eigenvalue weighted by molar-refractivity contribution is 0.0697. The van der Waals surface area contributed by atoms with E-state index >= 15 is 0 Å². The number of rotatable bonds is 3. The SMILES string of the molecule is C#CCNC(=O)Nc1ccc(C(=O)O)c(Cl)c1. The molecule has 17 heavy (non-hydrogen) atoms. The number of benzene rings is 1. The molecule has 1 aromatic carbocycles. The van der Waals surface area contributed by atoms with E-state index in [1.165, 1.54) is 18.2 Å². The van der Waals surface area contributed by atoms with Gasteiger partial charge in [-0.3, -0.25) is 0 Å². The van der Waals surface area contributed by atoms with Gasteiger partial charge in [-0.15, -0.1) is 6.42 Å². The molecule has 0 unspecified atom stereocenters. The molecule has 88 valence electrons. The van der Waals surface area contributed by atoms with E-state index < -0.39 is 12.0 Å². The molecule has 0 aliphatic heterocycles. The number of halogens is 1. The standard InChI is InChI=1S/C11H9ClN2O3/c1-2-5-13-11(17)14-7-3-4-8(10(15)16)9(12)6-7/h1,3-4,6H,5H2,(H,15,16)(H2,13,14,17). The zero-order chi connectivity index (χ0) is 12.8. The van der Waals surface area contributed by atoms with Gasteiger partial charge in [0.2, 0.25) is 0 Å². The summed E-state index contributed by atoms with van der Waals surface area (Å²) < 4.78 is 0. The fraction of sp³-hybridized carbons (Fsp3) is 0.0909. The first-order valence-corrected chi connectivity index (χ1v) is 4.93. The number of aromatic carboxylic acids is 1. The Hall–Kier alpha value is -2.19. The second-order valence-corrected chi connectivity index (χ2v) is 3.42. The predicted molar refractivity (Wildman–Crippen MR) is 64.3 cm³/mol. The molecule has 0 radical (unpaired) electrons. The smallest absolute Gasteiger partial charge is 0.337 e. The van der Waals surface area contributed by atoms with E-state index in [2.05, 4.69) is 16.6 Å². The zero-order valence-corrected chi connectivity index (χ0v) is 9.41. The number of terminal acetylenes is 1. The average Bonchev–Trinajstić information content (AvgIpc) is 2.26. The van der Waals surface area contributed by atoms with Crippen molar-refractivity contribution in [2.24, 2.45) is 0 Å². The third-order valence-electron chi connectivity index (χ3n) is 1.81. The quantitative estimate of drug-likeness (QED) is 0.718. The molecule has 0 saturated carbocycles. The Morgan fingerprint density at radius 1 is 1.47 bits per heavy atom. The first kappa shape index (κ1) is 12.9. The van der Waals surface area contributed by atoms with Crippen LogP contribution in [0.1, 0.15) is 10.4 Å². The van der Waals surface area contributed by atoms with Crippen molar-refractivity contribution in [2.45, 2.75) is 0 Å². The highest BCUT2D eigenvalue weighted by Crippen LogP contribution is 2.20. The van der Waals surface area contributed by atoms with Gasteiger partial charge in [0.25, 0.3) is 0 Å². The largest absolute Gasteiger partial charge is 0.478 e. The highest BCUT2D eigenvalue weighted by Gasteiger charge is 2.09. The summed E-state index contributed by atoms with van der Waals surface area (Å²) >= 11 is 5.73. The van der Waals surface area contributed by atoms with Crippen LogP contribution in [-0.4, -0.2) is 23.7 Å². The summed E-state index contributed by atoms with van der Waals surface area (Å²) in [5.41, 5.74) is 0.357. The van der Waals surface area contributed by atoms with Gasteiger partial charge in [-0.1, -0.05) is 17.5 Å². The Labute approximate surface area is 103 Å². The molecule has 0 aliphatic carbocycles. The lowest BCUT2D eigenvalue weighted by Gasteiger charge is -2.06. The van der Waals surface area contributed by atoms with E-state index in [9.17, 15) is 9.59 Å². The highest BCUT2D eigenvalue weighted by molar-refractivity contribution is 6.33. The van der Waals surface area contributed by atoms with E-state index in [1.807, 2.05) is 0 Å². The molecule has 1 aromatic rings. The lowest BCUT2D eigenvalue weighted by atomic mass is 10.2. The van der Waals surface area contributed by atoms with Crippen LogP contribution in [0.15, 0.2) is 18.2 Å². The van der Waals surface area contributed by atoms with Crippen LogP contribution in [0.2, 0.25) is 5.02 Å². The third-order valence-corrected chi connectivity index (χ3v) is 2.12. The van der Waals surface area contributed by atoms with Crippen molar-refractivity contribution in [3.63, 3.8) is 0 Å². The van der Waals surface area contributed by atoms with Crippen LogP contribution >= 0.6 is 11.6 Å². The molecule has 0 spiro atoms. The maximum Gasteiger partial charge on any atom is 0.337 e. The summed E-state index contributed by atoms with van der Waals surface area (Å²) in [6, 6.07) is 3.61. The van der Waals surface area contributed by atoms with Gasteiger partial charge in [-0.25, -0.2) is 9.59 Å². The van der Waals surface area contributed by atoms with Crippen LogP contribution in [-0.2, 0) is 0 Å². The van der Waals surface area contributed by atoms with E-state index in [0.29, 0.717) is 5.69 Å². The maximum absolute atomic E-state index is 11.2. The molecule has 3 N–H and O–H groups in total. The monoisotopic (exact) mass is 252 g/mol. The number of nitrogens with one attached hydrogen (secondary N) is 2.